The van der Waals surface area contributed by atoms with Crippen LogP contribution in [0.5, 0.6) is 11.5 Å². The Morgan fingerprint density at radius 3 is 2.52 bits per heavy atom. The van der Waals surface area contributed by atoms with Crippen LogP contribution in [0.3, 0.4) is 0 Å². The van der Waals surface area contributed by atoms with E-state index in [4.69, 9.17) is 14.6 Å². The third-order valence-electron chi connectivity index (χ3n) is 4.57. The van der Waals surface area contributed by atoms with Gasteiger partial charge in [0, 0.05) is 16.8 Å². The third kappa shape index (κ3) is 2.52. The molecule has 0 aliphatic carbocycles. The van der Waals surface area contributed by atoms with Crippen LogP contribution in [0.25, 0.3) is 11.3 Å². The molecule has 3 aromatic rings. The summed E-state index contributed by atoms with van der Waals surface area (Å²) in [6, 6.07) is 14.5. The molecule has 1 atom stereocenters. The lowest BCUT2D eigenvalue weighted by atomic mass is 10.0. The van der Waals surface area contributed by atoms with Gasteiger partial charge in [-0.1, -0.05) is 17.7 Å². The molecule has 2 aromatic carbocycles. The molecule has 25 heavy (non-hydrogen) atoms. The fraction of sp³-hybridized carbons (Fsp3) is 0.250. The first-order valence-corrected chi connectivity index (χ1v) is 8.26. The van der Waals surface area contributed by atoms with Gasteiger partial charge in [0.15, 0.2) is 11.5 Å². The van der Waals surface area contributed by atoms with Crippen LogP contribution in [0.1, 0.15) is 23.0 Å². The van der Waals surface area contributed by atoms with Crippen LogP contribution in [0, 0.1) is 13.8 Å². The highest BCUT2D eigenvalue weighted by Gasteiger charge is 2.27. The first-order valence-electron chi connectivity index (χ1n) is 8.26. The number of hydrogen-bond acceptors (Lipinski definition) is 4. The largest absolute Gasteiger partial charge is 0.493 e. The zero-order chi connectivity index (χ0) is 17.6. The zero-order valence-corrected chi connectivity index (χ0v) is 14.8. The smallest absolute Gasteiger partial charge is 0.161 e. The molecular formula is C20H21N3O2. The van der Waals surface area contributed by atoms with Crippen LogP contribution in [-0.4, -0.2) is 24.0 Å². The second kappa shape index (κ2) is 5.84. The number of aromatic nitrogens is 2. The summed E-state index contributed by atoms with van der Waals surface area (Å²) in [5, 5.41) is 8.32. The molecular weight excluding hydrogens is 314 g/mol. The summed E-state index contributed by atoms with van der Waals surface area (Å²) in [6.45, 7) is 4.13. The fourth-order valence-corrected chi connectivity index (χ4v) is 3.37. The molecule has 0 spiro atoms. The molecule has 2 heterocycles. The summed E-state index contributed by atoms with van der Waals surface area (Å²) in [5.74, 6) is 1.43. The van der Waals surface area contributed by atoms with Crippen LogP contribution < -0.4 is 14.8 Å². The number of fused-ring (bicyclic) bond motifs is 3. The fourth-order valence-electron chi connectivity index (χ4n) is 3.37. The second-order valence-electron chi connectivity index (χ2n) is 6.33. The zero-order valence-electron chi connectivity index (χ0n) is 14.8. The molecule has 0 fully saturated rings. The van der Waals surface area contributed by atoms with Gasteiger partial charge in [0.25, 0.3) is 0 Å². The highest BCUT2D eigenvalue weighted by molar-refractivity contribution is 5.79. The number of anilines is 1. The minimum absolute atomic E-state index is 0.0984. The topological polar surface area (TPSA) is 48.3 Å². The van der Waals surface area contributed by atoms with Crippen molar-refractivity contribution >= 4 is 5.69 Å². The van der Waals surface area contributed by atoms with E-state index < -0.39 is 0 Å². The second-order valence-corrected chi connectivity index (χ2v) is 6.33. The minimum atomic E-state index is -0.0984. The van der Waals surface area contributed by atoms with Crippen molar-refractivity contribution in [3.05, 3.63) is 59.3 Å². The average Bonchev–Trinajstić information content (AvgIpc) is 3.02. The number of hydrogen-bond donors (Lipinski definition) is 1. The van der Waals surface area contributed by atoms with Crippen molar-refractivity contribution in [2.45, 2.75) is 20.0 Å². The van der Waals surface area contributed by atoms with E-state index in [1.807, 2.05) is 29.8 Å². The van der Waals surface area contributed by atoms with Gasteiger partial charge in [0.2, 0.25) is 0 Å². The van der Waals surface area contributed by atoms with E-state index in [2.05, 4.69) is 36.5 Å². The Morgan fingerprint density at radius 1 is 0.960 bits per heavy atom. The van der Waals surface area contributed by atoms with Gasteiger partial charge in [0.05, 0.1) is 25.6 Å². The Kier molecular flexibility index (Phi) is 3.64. The molecule has 1 aliphatic heterocycles. The summed E-state index contributed by atoms with van der Waals surface area (Å²) < 4.78 is 12.9. The Bertz CT molecular complexity index is 946. The van der Waals surface area contributed by atoms with Gasteiger partial charge in [-0.2, -0.15) is 5.10 Å². The molecule has 0 bridgehead atoms. The maximum absolute atomic E-state index is 5.46. The monoisotopic (exact) mass is 335 g/mol. The van der Waals surface area contributed by atoms with Crippen molar-refractivity contribution in [3.63, 3.8) is 0 Å². The van der Waals surface area contributed by atoms with Gasteiger partial charge in [-0.3, -0.25) is 0 Å². The van der Waals surface area contributed by atoms with E-state index in [0.717, 1.165) is 28.4 Å². The molecule has 0 radical (unpaired) electrons. The van der Waals surface area contributed by atoms with Crippen LogP contribution in [0.4, 0.5) is 5.69 Å². The van der Waals surface area contributed by atoms with E-state index in [9.17, 15) is 0 Å². The maximum Gasteiger partial charge on any atom is 0.161 e. The summed E-state index contributed by atoms with van der Waals surface area (Å²) in [4.78, 5) is 0. The Balaban J connectivity index is 1.86. The molecule has 1 aromatic heterocycles. The van der Waals surface area contributed by atoms with Crippen LogP contribution in [0.2, 0.25) is 0 Å². The van der Waals surface area contributed by atoms with Crippen molar-refractivity contribution in [3.8, 4) is 22.8 Å². The molecule has 5 nitrogen and oxygen atoms in total. The number of nitrogens with one attached hydrogen (secondary N) is 1. The predicted octanol–water partition coefficient (Wildman–Crippen LogP) is 4.16. The van der Waals surface area contributed by atoms with Crippen LogP contribution >= 0.6 is 0 Å². The van der Waals surface area contributed by atoms with Gasteiger partial charge in [-0.05, 0) is 44.2 Å². The molecule has 4 rings (SSSR count). The first kappa shape index (κ1) is 15.6. The maximum atomic E-state index is 5.46. The van der Waals surface area contributed by atoms with E-state index in [0.29, 0.717) is 5.75 Å². The molecule has 1 aliphatic rings. The van der Waals surface area contributed by atoms with Crippen molar-refractivity contribution < 1.29 is 9.47 Å². The SMILES string of the molecule is COc1ccc(C2Nc3ccc(C)cc3-c3cc(C)nn32)cc1OC. The van der Waals surface area contributed by atoms with Crippen molar-refractivity contribution in [2.75, 3.05) is 19.5 Å². The molecule has 0 saturated heterocycles. The Morgan fingerprint density at radius 2 is 1.76 bits per heavy atom. The molecule has 5 heteroatoms. The van der Waals surface area contributed by atoms with Crippen molar-refractivity contribution in [2.24, 2.45) is 0 Å². The molecule has 0 amide bonds. The molecule has 1 N–H and O–H groups in total. The van der Waals surface area contributed by atoms with E-state index in [-0.39, 0.29) is 6.17 Å². The average molecular weight is 335 g/mol. The highest BCUT2D eigenvalue weighted by Crippen LogP contribution is 2.40. The number of benzene rings is 2. The Labute approximate surface area is 147 Å². The summed E-state index contributed by atoms with van der Waals surface area (Å²) >= 11 is 0. The lowest BCUT2D eigenvalue weighted by Crippen LogP contribution is -2.25. The molecule has 0 saturated carbocycles. The van der Waals surface area contributed by atoms with Gasteiger partial charge in [0.1, 0.15) is 6.17 Å². The number of rotatable bonds is 3. The lowest BCUT2D eigenvalue weighted by Gasteiger charge is -2.29. The van der Waals surface area contributed by atoms with Gasteiger partial charge < -0.3 is 14.8 Å². The quantitative estimate of drug-likeness (QED) is 0.781. The van der Waals surface area contributed by atoms with Crippen molar-refractivity contribution in [1.82, 2.24) is 9.78 Å². The molecule has 128 valence electrons. The number of methoxy groups -OCH3 is 2. The normalized spacial score (nSPS) is 15.1. The lowest BCUT2D eigenvalue weighted by molar-refractivity contribution is 0.354. The number of aryl methyl sites for hydroxylation is 2. The highest BCUT2D eigenvalue weighted by atomic mass is 16.5. The van der Waals surface area contributed by atoms with E-state index in [1.54, 1.807) is 14.2 Å². The van der Waals surface area contributed by atoms with E-state index in [1.165, 1.54) is 11.1 Å². The van der Waals surface area contributed by atoms with Gasteiger partial charge in [-0.15, -0.1) is 0 Å². The van der Waals surface area contributed by atoms with Crippen LogP contribution in [-0.2, 0) is 0 Å². The predicted molar refractivity (Wildman–Crippen MR) is 98.4 cm³/mol. The molecule has 1 unspecified atom stereocenters. The van der Waals surface area contributed by atoms with Gasteiger partial charge in [-0.25, -0.2) is 4.68 Å². The van der Waals surface area contributed by atoms with Crippen LogP contribution in [0.15, 0.2) is 42.5 Å². The van der Waals surface area contributed by atoms with Gasteiger partial charge >= 0.3 is 0 Å². The third-order valence-corrected chi connectivity index (χ3v) is 4.57. The standard InChI is InChI=1S/C20H21N3O2/c1-12-5-7-16-15(9-12)17-10-13(2)22-23(17)20(21-16)14-6-8-18(24-3)19(11-14)25-4/h5-11,20-21H,1-4H3. The summed E-state index contributed by atoms with van der Waals surface area (Å²) in [6.07, 6.45) is -0.0984. The number of nitrogens with zero attached hydrogens (tertiary/aromatic N) is 2. The summed E-state index contributed by atoms with van der Waals surface area (Å²) in [7, 11) is 3.29. The minimum Gasteiger partial charge on any atom is -0.493 e. The summed E-state index contributed by atoms with van der Waals surface area (Å²) in [5.41, 5.74) is 6.70. The first-order chi connectivity index (χ1) is 12.1. The number of ether oxygens (including phenoxy) is 2. The Hall–Kier alpha value is -2.95. The van der Waals surface area contributed by atoms with E-state index >= 15 is 0 Å². The van der Waals surface area contributed by atoms with Crippen molar-refractivity contribution in [1.29, 1.82) is 0 Å².